The van der Waals surface area contributed by atoms with Crippen LogP contribution in [-0.2, 0) is 14.8 Å². The summed E-state index contributed by atoms with van der Waals surface area (Å²) in [5, 5.41) is 3.21. The summed E-state index contributed by atoms with van der Waals surface area (Å²) < 4.78 is 26.9. The molecule has 134 valence electrons. The van der Waals surface area contributed by atoms with Gasteiger partial charge in [-0.1, -0.05) is 29.3 Å². The van der Waals surface area contributed by atoms with Gasteiger partial charge < -0.3 is 10.2 Å². The van der Waals surface area contributed by atoms with Crippen molar-refractivity contribution in [1.82, 2.24) is 14.5 Å². The van der Waals surface area contributed by atoms with Crippen LogP contribution < -0.4 is 5.32 Å². The quantitative estimate of drug-likeness (QED) is 0.748. The van der Waals surface area contributed by atoms with Gasteiger partial charge in [-0.05, 0) is 32.1 Å². The molecule has 24 heavy (non-hydrogen) atoms. The molecule has 0 aromatic heterocycles. The van der Waals surface area contributed by atoms with Crippen LogP contribution in [0.15, 0.2) is 23.1 Å². The van der Waals surface area contributed by atoms with Crippen LogP contribution in [0.5, 0.6) is 0 Å². The van der Waals surface area contributed by atoms with Crippen molar-refractivity contribution in [2.75, 3.05) is 39.8 Å². The summed E-state index contributed by atoms with van der Waals surface area (Å²) in [5.41, 5.74) is 0. The van der Waals surface area contributed by atoms with Crippen LogP contribution >= 0.6 is 23.2 Å². The molecule has 1 aromatic carbocycles. The maximum Gasteiger partial charge on any atom is 0.246 e. The molecule has 0 unspecified atom stereocenters. The van der Waals surface area contributed by atoms with Crippen LogP contribution in [-0.4, -0.2) is 63.3 Å². The van der Waals surface area contributed by atoms with Gasteiger partial charge in [0.15, 0.2) is 0 Å². The molecular formula is C15H21Cl2N3O3S. The zero-order valence-corrected chi connectivity index (χ0v) is 15.8. The minimum absolute atomic E-state index is 0.0538. The minimum Gasteiger partial charge on any atom is -0.340 e. The van der Waals surface area contributed by atoms with E-state index >= 15 is 0 Å². The number of sulfonamides is 1. The molecule has 1 N–H and O–H groups in total. The van der Waals surface area contributed by atoms with Crippen LogP contribution in [0.4, 0.5) is 0 Å². The van der Waals surface area contributed by atoms with E-state index in [2.05, 4.69) is 5.32 Å². The summed E-state index contributed by atoms with van der Waals surface area (Å²) in [5.74, 6) is 0.0538. The Hall–Kier alpha value is -0.860. The van der Waals surface area contributed by atoms with Gasteiger partial charge in [-0.2, -0.15) is 4.31 Å². The average molecular weight is 394 g/mol. The van der Waals surface area contributed by atoms with Gasteiger partial charge in [-0.15, -0.1) is 0 Å². The fourth-order valence-electron chi connectivity index (χ4n) is 2.61. The van der Waals surface area contributed by atoms with Crippen LogP contribution in [0.25, 0.3) is 0 Å². The normalized spacial score (nSPS) is 16.4. The Kier molecular flexibility index (Phi) is 6.88. The number of rotatable bonds is 6. The number of piperazine rings is 1. The molecule has 0 aliphatic carbocycles. The molecule has 0 bridgehead atoms. The van der Waals surface area contributed by atoms with Crippen LogP contribution in [0.2, 0.25) is 10.0 Å². The summed E-state index contributed by atoms with van der Waals surface area (Å²) in [6, 6.07) is 4.61. The Bertz CT molecular complexity index is 669. The summed E-state index contributed by atoms with van der Waals surface area (Å²) in [6.45, 7) is 2.01. The van der Waals surface area contributed by atoms with E-state index in [0.29, 0.717) is 19.5 Å². The predicted octanol–water partition coefficient (Wildman–Crippen LogP) is 1.83. The zero-order valence-electron chi connectivity index (χ0n) is 13.5. The SMILES string of the molecule is CNCCCC(=O)N1CCN(S(=O)(=O)c2c(Cl)cccc2Cl)CC1. The second kappa shape index (κ2) is 8.49. The lowest BCUT2D eigenvalue weighted by atomic mass is 10.2. The van der Waals surface area contributed by atoms with Gasteiger partial charge in [0.25, 0.3) is 0 Å². The van der Waals surface area contributed by atoms with Crippen LogP contribution in [0.1, 0.15) is 12.8 Å². The number of carbonyl (C=O) groups is 1. The molecule has 0 radical (unpaired) electrons. The van der Waals surface area contributed by atoms with Crippen molar-refractivity contribution < 1.29 is 13.2 Å². The van der Waals surface area contributed by atoms with Gasteiger partial charge >= 0.3 is 0 Å². The first-order valence-corrected chi connectivity index (χ1v) is 9.94. The van der Waals surface area contributed by atoms with Gasteiger partial charge in [-0.25, -0.2) is 8.42 Å². The van der Waals surface area contributed by atoms with Crippen molar-refractivity contribution in [2.24, 2.45) is 0 Å². The van der Waals surface area contributed by atoms with Crippen LogP contribution in [0, 0.1) is 0 Å². The van der Waals surface area contributed by atoms with Crippen molar-refractivity contribution in [3.8, 4) is 0 Å². The molecule has 1 amide bonds. The molecule has 1 saturated heterocycles. The lowest BCUT2D eigenvalue weighted by Crippen LogP contribution is -2.50. The number of hydrogen-bond acceptors (Lipinski definition) is 4. The Morgan fingerprint density at radius 3 is 2.29 bits per heavy atom. The molecule has 1 heterocycles. The number of nitrogens with one attached hydrogen (secondary N) is 1. The molecule has 0 spiro atoms. The molecule has 6 nitrogen and oxygen atoms in total. The lowest BCUT2D eigenvalue weighted by Gasteiger charge is -2.34. The third-order valence-corrected chi connectivity index (χ3v) is 6.78. The number of halogens is 2. The van der Waals surface area contributed by atoms with Crippen molar-refractivity contribution in [2.45, 2.75) is 17.7 Å². The molecule has 2 rings (SSSR count). The molecule has 9 heteroatoms. The Labute approximate surface area is 152 Å². The topological polar surface area (TPSA) is 69.7 Å². The highest BCUT2D eigenvalue weighted by Gasteiger charge is 2.32. The first kappa shape index (κ1) is 19.5. The van der Waals surface area contributed by atoms with Gasteiger partial charge in [0, 0.05) is 32.6 Å². The first-order valence-electron chi connectivity index (χ1n) is 7.74. The molecule has 1 aliphatic rings. The van der Waals surface area contributed by atoms with E-state index in [1.807, 2.05) is 7.05 Å². The third-order valence-electron chi connectivity index (χ3n) is 3.93. The maximum atomic E-state index is 12.8. The highest BCUT2D eigenvalue weighted by atomic mass is 35.5. The lowest BCUT2D eigenvalue weighted by molar-refractivity contribution is -0.132. The van der Waals surface area contributed by atoms with E-state index in [-0.39, 0.29) is 33.9 Å². The summed E-state index contributed by atoms with van der Waals surface area (Å²) in [6.07, 6.45) is 1.23. The monoisotopic (exact) mass is 393 g/mol. The summed E-state index contributed by atoms with van der Waals surface area (Å²) in [7, 11) is -1.93. The molecule has 0 atom stereocenters. The number of amides is 1. The second-order valence-corrected chi connectivity index (χ2v) is 8.23. The molecule has 0 saturated carbocycles. The van der Waals surface area contributed by atoms with E-state index in [1.165, 1.54) is 16.4 Å². The smallest absolute Gasteiger partial charge is 0.246 e. The minimum atomic E-state index is -3.77. The van der Waals surface area contributed by atoms with E-state index in [4.69, 9.17) is 23.2 Å². The Balaban J connectivity index is 2.02. The van der Waals surface area contributed by atoms with E-state index in [0.717, 1.165) is 13.0 Å². The second-order valence-electron chi connectivity index (χ2n) is 5.54. The van der Waals surface area contributed by atoms with Gasteiger partial charge in [0.2, 0.25) is 15.9 Å². The number of benzene rings is 1. The number of carbonyl (C=O) groups excluding carboxylic acids is 1. The maximum absolute atomic E-state index is 12.8. The average Bonchev–Trinajstić information content (AvgIpc) is 2.54. The van der Waals surface area contributed by atoms with Crippen molar-refractivity contribution in [1.29, 1.82) is 0 Å². The van der Waals surface area contributed by atoms with E-state index in [1.54, 1.807) is 11.0 Å². The first-order chi connectivity index (χ1) is 11.4. The third kappa shape index (κ3) is 4.40. The highest BCUT2D eigenvalue weighted by molar-refractivity contribution is 7.89. The fraction of sp³-hybridized carbons (Fsp3) is 0.533. The van der Waals surface area contributed by atoms with Gasteiger partial charge in [-0.3, -0.25) is 4.79 Å². The standard InChI is InChI=1S/C15H21Cl2N3O3S/c1-18-7-3-6-14(21)19-8-10-20(11-9-19)24(22,23)15-12(16)4-2-5-13(15)17/h2,4-5,18H,3,6-11H2,1H3. The molecule has 1 aromatic rings. The van der Waals surface area contributed by atoms with E-state index < -0.39 is 10.0 Å². The molecular weight excluding hydrogens is 373 g/mol. The predicted molar refractivity (Wildman–Crippen MR) is 95.0 cm³/mol. The van der Waals surface area contributed by atoms with Crippen molar-refractivity contribution in [3.63, 3.8) is 0 Å². The Morgan fingerprint density at radius 1 is 1.17 bits per heavy atom. The molecule has 1 fully saturated rings. The van der Waals surface area contributed by atoms with Crippen molar-refractivity contribution >= 4 is 39.1 Å². The summed E-state index contributed by atoms with van der Waals surface area (Å²) >= 11 is 12.0. The van der Waals surface area contributed by atoms with Crippen LogP contribution in [0.3, 0.4) is 0 Å². The largest absolute Gasteiger partial charge is 0.340 e. The Morgan fingerprint density at radius 2 is 1.75 bits per heavy atom. The van der Waals surface area contributed by atoms with Gasteiger partial charge in [0.1, 0.15) is 4.90 Å². The number of nitrogens with zero attached hydrogens (tertiary/aromatic N) is 2. The van der Waals surface area contributed by atoms with Crippen molar-refractivity contribution in [3.05, 3.63) is 28.2 Å². The fourth-order valence-corrected chi connectivity index (χ4v) is 5.12. The van der Waals surface area contributed by atoms with E-state index in [9.17, 15) is 13.2 Å². The molecule has 1 aliphatic heterocycles. The number of hydrogen-bond donors (Lipinski definition) is 1. The summed E-state index contributed by atoms with van der Waals surface area (Å²) in [4.78, 5) is 13.7. The zero-order chi connectivity index (χ0) is 17.7. The highest BCUT2D eigenvalue weighted by Crippen LogP contribution is 2.31. The van der Waals surface area contributed by atoms with Gasteiger partial charge in [0.05, 0.1) is 10.0 Å².